The van der Waals surface area contributed by atoms with Gasteiger partial charge in [0.25, 0.3) is 0 Å². The number of hydrogen-bond acceptors (Lipinski definition) is 4. The highest BCUT2D eigenvalue weighted by molar-refractivity contribution is 5.74. The molecule has 0 bridgehead atoms. The zero-order chi connectivity index (χ0) is 11.0. The predicted octanol–water partition coefficient (Wildman–Crippen LogP) is -1.36. The van der Waals surface area contributed by atoms with Crippen LogP contribution in [0.5, 0.6) is 0 Å². The average Bonchev–Trinajstić information content (AvgIpc) is 2.56. The Morgan fingerprint density at radius 3 is 2.29 bits per heavy atom. The highest BCUT2D eigenvalue weighted by Gasteiger charge is 2.20. The first-order valence-corrected chi connectivity index (χ1v) is 4.52. The maximum Gasteiger partial charge on any atom is 0.320 e. The lowest BCUT2D eigenvalue weighted by molar-refractivity contribution is -0.139. The number of carbonyl (C=O) groups is 2. The van der Waals surface area contributed by atoms with Crippen molar-refractivity contribution in [1.29, 1.82) is 0 Å². The van der Waals surface area contributed by atoms with Crippen molar-refractivity contribution in [2.24, 2.45) is 11.5 Å². The molecule has 6 nitrogen and oxygen atoms in total. The van der Waals surface area contributed by atoms with Gasteiger partial charge in [0.05, 0.1) is 0 Å². The summed E-state index contributed by atoms with van der Waals surface area (Å²) in [5.41, 5.74) is 9.61. The SMILES string of the molecule is NCCC(N)=O.O=C(O)C1CCCN1. The van der Waals surface area contributed by atoms with Gasteiger partial charge in [0.15, 0.2) is 0 Å². The van der Waals surface area contributed by atoms with E-state index in [9.17, 15) is 9.59 Å². The number of nitrogens with one attached hydrogen (secondary N) is 1. The second-order valence-electron chi connectivity index (χ2n) is 2.99. The van der Waals surface area contributed by atoms with Crippen molar-refractivity contribution in [2.45, 2.75) is 25.3 Å². The highest BCUT2D eigenvalue weighted by atomic mass is 16.4. The number of amides is 1. The van der Waals surface area contributed by atoms with Gasteiger partial charge in [-0.2, -0.15) is 0 Å². The third-order valence-electron chi connectivity index (χ3n) is 1.75. The zero-order valence-corrected chi connectivity index (χ0v) is 8.03. The number of carbonyl (C=O) groups excluding carboxylic acids is 1. The van der Waals surface area contributed by atoms with E-state index in [1.807, 2.05) is 0 Å². The Morgan fingerprint density at radius 2 is 2.14 bits per heavy atom. The number of carboxylic acid groups (broad SMARTS) is 1. The quantitative estimate of drug-likeness (QED) is 0.452. The molecule has 1 aliphatic heterocycles. The van der Waals surface area contributed by atoms with E-state index in [0.717, 1.165) is 19.4 Å². The maximum atomic E-state index is 10.1. The summed E-state index contributed by atoms with van der Waals surface area (Å²) in [7, 11) is 0. The Kier molecular flexibility index (Phi) is 6.69. The fourth-order valence-corrected chi connectivity index (χ4v) is 1.04. The van der Waals surface area contributed by atoms with Gasteiger partial charge in [-0.05, 0) is 19.4 Å². The number of rotatable bonds is 3. The van der Waals surface area contributed by atoms with Gasteiger partial charge < -0.3 is 21.9 Å². The number of aliphatic carboxylic acids is 1. The fraction of sp³-hybridized carbons (Fsp3) is 0.750. The summed E-state index contributed by atoms with van der Waals surface area (Å²) in [6.45, 7) is 1.21. The van der Waals surface area contributed by atoms with Crippen molar-refractivity contribution in [1.82, 2.24) is 5.32 Å². The Morgan fingerprint density at radius 1 is 1.50 bits per heavy atom. The van der Waals surface area contributed by atoms with Crippen molar-refractivity contribution in [3.8, 4) is 0 Å². The van der Waals surface area contributed by atoms with Crippen LogP contribution in [0.3, 0.4) is 0 Å². The lowest BCUT2D eigenvalue weighted by atomic mass is 10.2. The van der Waals surface area contributed by atoms with Crippen molar-refractivity contribution in [2.75, 3.05) is 13.1 Å². The van der Waals surface area contributed by atoms with Crippen LogP contribution in [-0.4, -0.2) is 36.1 Å². The predicted molar refractivity (Wildman–Crippen MR) is 51.5 cm³/mol. The minimum atomic E-state index is -0.720. The summed E-state index contributed by atoms with van der Waals surface area (Å²) < 4.78 is 0. The number of nitrogens with two attached hydrogens (primary N) is 2. The second-order valence-corrected chi connectivity index (χ2v) is 2.99. The van der Waals surface area contributed by atoms with E-state index in [1.165, 1.54) is 0 Å². The number of primary amides is 1. The first-order chi connectivity index (χ1) is 6.57. The molecule has 1 rings (SSSR count). The molecule has 0 spiro atoms. The molecule has 0 aliphatic carbocycles. The first kappa shape index (κ1) is 12.9. The van der Waals surface area contributed by atoms with Gasteiger partial charge in [-0.1, -0.05) is 0 Å². The number of carboxylic acids is 1. The summed E-state index contributed by atoms with van der Waals surface area (Å²) in [5, 5.41) is 11.2. The molecule has 14 heavy (non-hydrogen) atoms. The van der Waals surface area contributed by atoms with E-state index in [2.05, 4.69) is 11.1 Å². The summed E-state index contributed by atoms with van der Waals surface area (Å²) >= 11 is 0. The molecule has 0 aromatic carbocycles. The van der Waals surface area contributed by atoms with Crippen LogP contribution in [0.15, 0.2) is 0 Å². The molecular formula is C8H17N3O3. The smallest absolute Gasteiger partial charge is 0.320 e. The summed E-state index contributed by atoms with van der Waals surface area (Å²) in [5.74, 6) is -1.06. The van der Waals surface area contributed by atoms with Crippen LogP contribution < -0.4 is 16.8 Å². The first-order valence-electron chi connectivity index (χ1n) is 4.52. The molecule has 0 aromatic heterocycles. The fourth-order valence-electron chi connectivity index (χ4n) is 1.04. The molecule has 1 unspecified atom stereocenters. The topological polar surface area (TPSA) is 118 Å². The van der Waals surface area contributed by atoms with Crippen LogP contribution in [-0.2, 0) is 9.59 Å². The van der Waals surface area contributed by atoms with Crippen LogP contribution in [0.1, 0.15) is 19.3 Å². The lowest BCUT2D eigenvalue weighted by Gasteiger charge is -1.99. The van der Waals surface area contributed by atoms with Gasteiger partial charge in [0, 0.05) is 13.0 Å². The molecular weight excluding hydrogens is 186 g/mol. The third kappa shape index (κ3) is 6.38. The standard InChI is InChI=1S/C5H9NO2.C3H8N2O/c7-5(8)4-2-1-3-6-4;4-2-1-3(5)6/h4,6H,1-3H2,(H,7,8);1-2,4H2,(H2,5,6). The third-order valence-corrected chi connectivity index (χ3v) is 1.75. The molecule has 1 fully saturated rings. The minimum Gasteiger partial charge on any atom is -0.480 e. The monoisotopic (exact) mass is 203 g/mol. The van der Waals surface area contributed by atoms with Crippen molar-refractivity contribution < 1.29 is 14.7 Å². The highest BCUT2D eigenvalue weighted by Crippen LogP contribution is 2.03. The van der Waals surface area contributed by atoms with E-state index in [0.29, 0.717) is 13.0 Å². The maximum absolute atomic E-state index is 10.1. The largest absolute Gasteiger partial charge is 0.480 e. The molecule has 0 saturated carbocycles. The Balaban J connectivity index is 0.000000255. The van der Waals surface area contributed by atoms with Gasteiger partial charge in [-0.25, -0.2) is 0 Å². The second kappa shape index (κ2) is 7.28. The van der Waals surface area contributed by atoms with Crippen LogP contribution in [0, 0.1) is 0 Å². The summed E-state index contributed by atoms with van der Waals surface area (Å²) in [6, 6.07) is -0.269. The van der Waals surface area contributed by atoms with Gasteiger partial charge in [-0.15, -0.1) is 0 Å². The summed E-state index contributed by atoms with van der Waals surface area (Å²) in [6.07, 6.45) is 2.08. The lowest BCUT2D eigenvalue weighted by Crippen LogP contribution is -2.29. The molecule has 82 valence electrons. The van der Waals surface area contributed by atoms with Crippen LogP contribution in [0.4, 0.5) is 0 Å². The molecule has 0 aromatic rings. The van der Waals surface area contributed by atoms with E-state index < -0.39 is 5.97 Å². The molecule has 1 saturated heterocycles. The van der Waals surface area contributed by atoms with Crippen molar-refractivity contribution >= 4 is 11.9 Å². The van der Waals surface area contributed by atoms with Gasteiger partial charge in [-0.3, -0.25) is 9.59 Å². The van der Waals surface area contributed by atoms with Crippen LogP contribution in [0.25, 0.3) is 0 Å². The minimum absolute atomic E-state index is 0.269. The van der Waals surface area contributed by atoms with Crippen LogP contribution >= 0.6 is 0 Å². The Bertz CT molecular complexity index is 190. The van der Waals surface area contributed by atoms with E-state index in [4.69, 9.17) is 10.8 Å². The van der Waals surface area contributed by atoms with Gasteiger partial charge >= 0.3 is 5.97 Å². The van der Waals surface area contributed by atoms with Crippen molar-refractivity contribution in [3.05, 3.63) is 0 Å². The Hall–Kier alpha value is -1.14. The van der Waals surface area contributed by atoms with Crippen LogP contribution in [0.2, 0.25) is 0 Å². The molecule has 1 aliphatic rings. The van der Waals surface area contributed by atoms with Crippen molar-refractivity contribution in [3.63, 3.8) is 0 Å². The van der Waals surface area contributed by atoms with E-state index >= 15 is 0 Å². The van der Waals surface area contributed by atoms with Gasteiger partial charge in [0.1, 0.15) is 6.04 Å². The zero-order valence-electron chi connectivity index (χ0n) is 8.03. The average molecular weight is 203 g/mol. The molecule has 0 radical (unpaired) electrons. The molecule has 1 atom stereocenters. The molecule has 1 heterocycles. The molecule has 6 heteroatoms. The molecule has 6 N–H and O–H groups in total. The van der Waals surface area contributed by atoms with Gasteiger partial charge in [0.2, 0.25) is 5.91 Å². The summed E-state index contributed by atoms with van der Waals surface area (Å²) in [4.78, 5) is 19.9. The molecule has 1 amide bonds. The Labute approximate surface area is 82.6 Å². The number of hydrogen-bond donors (Lipinski definition) is 4. The van der Waals surface area contributed by atoms with E-state index in [1.54, 1.807) is 0 Å². The van der Waals surface area contributed by atoms with E-state index in [-0.39, 0.29) is 11.9 Å². The normalized spacial score (nSPS) is 19.6.